The van der Waals surface area contributed by atoms with Gasteiger partial charge in [-0.05, 0) is 13.8 Å². The SMILES string of the molecule is CCOCCOCC.COCCC(=O)OC. The summed E-state index contributed by atoms with van der Waals surface area (Å²) in [5.41, 5.74) is 0. The molecule has 0 saturated heterocycles. The third-order valence-corrected chi connectivity index (χ3v) is 1.52. The van der Waals surface area contributed by atoms with Gasteiger partial charge in [0.1, 0.15) is 0 Å². The average Bonchev–Trinajstić information content (AvgIpc) is 2.32. The molecule has 5 heteroatoms. The predicted molar refractivity (Wildman–Crippen MR) is 61.5 cm³/mol. The fraction of sp³-hybridized carbons (Fsp3) is 0.909. The highest BCUT2D eigenvalue weighted by atomic mass is 16.5. The second-order valence-electron chi connectivity index (χ2n) is 2.71. The molecule has 98 valence electrons. The van der Waals surface area contributed by atoms with Crippen LogP contribution in [0.5, 0.6) is 0 Å². The molecular weight excluding hydrogens is 212 g/mol. The summed E-state index contributed by atoms with van der Waals surface area (Å²) in [5.74, 6) is -0.230. The van der Waals surface area contributed by atoms with Crippen molar-refractivity contribution >= 4 is 5.97 Å². The Hall–Kier alpha value is -0.650. The third-order valence-electron chi connectivity index (χ3n) is 1.52. The zero-order chi connectivity index (χ0) is 12.6. The Morgan fingerprint density at radius 3 is 1.75 bits per heavy atom. The summed E-state index contributed by atoms with van der Waals surface area (Å²) in [6, 6.07) is 0. The van der Waals surface area contributed by atoms with E-state index < -0.39 is 0 Å². The number of ether oxygens (including phenoxy) is 4. The van der Waals surface area contributed by atoms with Crippen molar-refractivity contribution in [1.29, 1.82) is 0 Å². The van der Waals surface area contributed by atoms with Gasteiger partial charge in [-0.3, -0.25) is 4.79 Å². The Morgan fingerprint density at radius 1 is 0.938 bits per heavy atom. The number of carbonyl (C=O) groups excluding carboxylic acids is 1. The van der Waals surface area contributed by atoms with Gasteiger partial charge in [-0.25, -0.2) is 0 Å². The Kier molecular flexibility index (Phi) is 18.6. The van der Waals surface area contributed by atoms with E-state index in [-0.39, 0.29) is 5.97 Å². The number of hydrogen-bond donors (Lipinski definition) is 0. The first kappa shape index (κ1) is 17.7. The van der Waals surface area contributed by atoms with Gasteiger partial charge in [-0.1, -0.05) is 0 Å². The fourth-order valence-electron chi connectivity index (χ4n) is 0.694. The highest BCUT2D eigenvalue weighted by Gasteiger charge is 1.95. The molecule has 0 atom stereocenters. The Bertz CT molecular complexity index is 132. The van der Waals surface area contributed by atoms with Crippen molar-refractivity contribution in [3.63, 3.8) is 0 Å². The van der Waals surface area contributed by atoms with Crippen LogP contribution in [0.3, 0.4) is 0 Å². The molecular formula is C11H24O5. The molecule has 0 amide bonds. The van der Waals surface area contributed by atoms with E-state index in [1.807, 2.05) is 13.8 Å². The molecule has 0 rings (SSSR count). The van der Waals surface area contributed by atoms with E-state index in [4.69, 9.17) is 9.47 Å². The highest BCUT2D eigenvalue weighted by Crippen LogP contribution is 1.82. The van der Waals surface area contributed by atoms with Crippen LogP contribution in [-0.2, 0) is 23.7 Å². The average molecular weight is 236 g/mol. The summed E-state index contributed by atoms with van der Waals surface area (Å²) >= 11 is 0. The molecule has 0 unspecified atom stereocenters. The molecule has 0 fully saturated rings. The van der Waals surface area contributed by atoms with E-state index in [1.54, 1.807) is 7.11 Å². The molecule has 0 N–H and O–H groups in total. The summed E-state index contributed by atoms with van der Waals surface area (Å²) < 4.78 is 19.0. The van der Waals surface area contributed by atoms with Gasteiger partial charge in [0.15, 0.2) is 0 Å². The van der Waals surface area contributed by atoms with Crippen molar-refractivity contribution in [3.05, 3.63) is 0 Å². The third kappa shape index (κ3) is 19.0. The van der Waals surface area contributed by atoms with E-state index in [1.165, 1.54) is 7.11 Å². The van der Waals surface area contributed by atoms with Crippen molar-refractivity contribution in [2.45, 2.75) is 20.3 Å². The van der Waals surface area contributed by atoms with Crippen molar-refractivity contribution in [2.24, 2.45) is 0 Å². The number of carbonyl (C=O) groups is 1. The number of rotatable bonds is 8. The normalized spacial score (nSPS) is 9.25. The molecule has 0 saturated carbocycles. The molecule has 16 heavy (non-hydrogen) atoms. The number of esters is 1. The summed E-state index contributed by atoms with van der Waals surface area (Å²) in [6.07, 6.45) is 0.340. The standard InChI is InChI=1S/C6H14O2.C5H10O3/c1-3-7-5-6-8-4-2;1-7-4-3-5(6)8-2/h3-6H2,1-2H3;3-4H2,1-2H3. The van der Waals surface area contributed by atoms with Crippen molar-refractivity contribution < 1.29 is 23.7 Å². The summed E-state index contributed by atoms with van der Waals surface area (Å²) in [5, 5.41) is 0. The van der Waals surface area contributed by atoms with Crippen LogP contribution in [0.2, 0.25) is 0 Å². The Morgan fingerprint density at radius 2 is 1.44 bits per heavy atom. The van der Waals surface area contributed by atoms with Gasteiger partial charge < -0.3 is 18.9 Å². The lowest BCUT2D eigenvalue weighted by atomic mass is 10.5. The largest absolute Gasteiger partial charge is 0.469 e. The van der Waals surface area contributed by atoms with Crippen LogP contribution in [0.1, 0.15) is 20.3 Å². The summed E-state index contributed by atoms with van der Waals surface area (Å²) in [6.45, 7) is 7.42. The van der Waals surface area contributed by atoms with Crippen molar-refractivity contribution in [1.82, 2.24) is 0 Å². The van der Waals surface area contributed by atoms with Gasteiger partial charge in [-0.2, -0.15) is 0 Å². The molecule has 0 aromatic heterocycles. The molecule has 0 spiro atoms. The first-order valence-corrected chi connectivity index (χ1v) is 5.44. The zero-order valence-corrected chi connectivity index (χ0v) is 10.8. The molecule has 0 radical (unpaired) electrons. The van der Waals surface area contributed by atoms with Crippen LogP contribution in [0.15, 0.2) is 0 Å². The van der Waals surface area contributed by atoms with E-state index in [0.717, 1.165) is 26.4 Å². The van der Waals surface area contributed by atoms with Crippen LogP contribution in [-0.4, -0.2) is 53.2 Å². The second-order valence-corrected chi connectivity index (χ2v) is 2.71. The molecule has 0 aliphatic carbocycles. The topological polar surface area (TPSA) is 54.0 Å². The van der Waals surface area contributed by atoms with E-state index in [9.17, 15) is 4.79 Å². The first-order valence-electron chi connectivity index (χ1n) is 5.44. The molecule has 0 aromatic carbocycles. The van der Waals surface area contributed by atoms with Gasteiger partial charge in [0.25, 0.3) is 0 Å². The molecule has 0 aromatic rings. The van der Waals surface area contributed by atoms with Gasteiger partial charge >= 0.3 is 5.97 Å². The summed E-state index contributed by atoms with van der Waals surface area (Å²) in [4.78, 5) is 10.3. The molecule has 0 aliphatic heterocycles. The molecule has 0 heterocycles. The van der Waals surface area contributed by atoms with E-state index in [2.05, 4.69) is 9.47 Å². The predicted octanol–water partition coefficient (Wildman–Crippen LogP) is 1.26. The van der Waals surface area contributed by atoms with Gasteiger partial charge in [0.05, 0.1) is 33.4 Å². The van der Waals surface area contributed by atoms with Crippen LogP contribution >= 0.6 is 0 Å². The van der Waals surface area contributed by atoms with Crippen molar-refractivity contribution in [2.75, 3.05) is 47.3 Å². The van der Waals surface area contributed by atoms with Gasteiger partial charge in [0.2, 0.25) is 0 Å². The Balaban J connectivity index is 0. The quantitative estimate of drug-likeness (QED) is 0.469. The maximum atomic E-state index is 10.3. The van der Waals surface area contributed by atoms with Crippen LogP contribution in [0, 0.1) is 0 Å². The lowest BCUT2D eigenvalue weighted by Crippen LogP contribution is -2.03. The fourth-order valence-corrected chi connectivity index (χ4v) is 0.694. The molecule has 0 bridgehead atoms. The van der Waals surface area contributed by atoms with E-state index in [0.29, 0.717) is 13.0 Å². The maximum absolute atomic E-state index is 10.3. The van der Waals surface area contributed by atoms with Crippen LogP contribution in [0.4, 0.5) is 0 Å². The first-order chi connectivity index (χ1) is 7.72. The number of hydrogen-bond acceptors (Lipinski definition) is 5. The lowest BCUT2D eigenvalue weighted by molar-refractivity contribution is -0.141. The summed E-state index contributed by atoms with van der Waals surface area (Å²) in [7, 11) is 2.90. The van der Waals surface area contributed by atoms with Crippen LogP contribution < -0.4 is 0 Å². The van der Waals surface area contributed by atoms with E-state index >= 15 is 0 Å². The smallest absolute Gasteiger partial charge is 0.307 e. The highest BCUT2D eigenvalue weighted by molar-refractivity contribution is 5.69. The second kappa shape index (κ2) is 16.8. The molecule has 5 nitrogen and oxygen atoms in total. The van der Waals surface area contributed by atoms with Crippen LogP contribution in [0.25, 0.3) is 0 Å². The van der Waals surface area contributed by atoms with Gasteiger partial charge in [-0.15, -0.1) is 0 Å². The lowest BCUT2D eigenvalue weighted by Gasteiger charge is -1.99. The minimum atomic E-state index is -0.230. The van der Waals surface area contributed by atoms with Gasteiger partial charge in [0, 0.05) is 20.3 Å². The monoisotopic (exact) mass is 236 g/mol. The maximum Gasteiger partial charge on any atom is 0.307 e. The molecule has 0 aliphatic rings. The zero-order valence-electron chi connectivity index (χ0n) is 10.8. The number of methoxy groups -OCH3 is 2. The minimum Gasteiger partial charge on any atom is -0.469 e. The Labute approximate surface area is 98.0 Å². The minimum absolute atomic E-state index is 0.230. The van der Waals surface area contributed by atoms with Crippen molar-refractivity contribution in [3.8, 4) is 0 Å².